The molecule has 2 aromatic heterocycles. The second-order valence-electron chi connectivity index (χ2n) is 4.64. The van der Waals surface area contributed by atoms with E-state index in [0.717, 1.165) is 36.5 Å². The van der Waals surface area contributed by atoms with Crippen molar-refractivity contribution in [3.8, 4) is 0 Å². The molecule has 0 amide bonds. The number of anilines is 1. The topological polar surface area (TPSA) is 76.3 Å². The van der Waals surface area contributed by atoms with E-state index in [-0.39, 0.29) is 6.10 Å². The fourth-order valence-corrected chi connectivity index (χ4v) is 2.41. The summed E-state index contributed by atoms with van der Waals surface area (Å²) in [6.07, 6.45) is 1.69. The van der Waals surface area contributed by atoms with Crippen molar-refractivity contribution < 1.29 is 9.26 Å². The maximum atomic E-state index is 5.71. The van der Waals surface area contributed by atoms with Gasteiger partial charge in [-0.2, -0.15) is 4.98 Å². The van der Waals surface area contributed by atoms with E-state index in [2.05, 4.69) is 25.3 Å². The molecule has 2 aromatic rings. The first-order valence-corrected chi connectivity index (χ1v) is 6.37. The zero-order valence-corrected chi connectivity index (χ0v) is 11.1. The van der Waals surface area contributed by atoms with Crippen molar-refractivity contribution in [3.63, 3.8) is 0 Å². The lowest BCUT2D eigenvalue weighted by molar-refractivity contribution is 0.0420. The summed E-state index contributed by atoms with van der Waals surface area (Å²) in [4.78, 5) is 10.7. The Kier molecular flexibility index (Phi) is 3.31. The number of rotatable bonds is 3. The van der Waals surface area contributed by atoms with E-state index in [1.165, 1.54) is 6.33 Å². The number of hydrogen-bond acceptors (Lipinski definition) is 7. The summed E-state index contributed by atoms with van der Waals surface area (Å²) < 4.78 is 10.9. The van der Waals surface area contributed by atoms with E-state index in [0.29, 0.717) is 12.3 Å². The highest BCUT2D eigenvalue weighted by atomic mass is 16.5. The molecule has 0 aromatic carbocycles. The Bertz CT molecular complexity index is 568. The average molecular weight is 263 g/mol. The number of nitrogens with one attached hydrogen (secondary N) is 1. The van der Waals surface area contributed by atoms with Crippen LogP contribution in [0.15, 0.2) is 10.9 Å². The number of hydrogen-bond donors (Lipinski definition) is 1. The number of ether oxygens (including phenoxy) is 1. The number of nitrogens with zero attached hydrogens (tertiary/aromatic N) is 4. The maximum absolute atomic E-state index is 5.71. The molecule has 1 aliphatic heterocycles. The van der Waals surface area contributed by atoms with Crippen LogP contribution in [0.3, 0.4) is 0 Å². The fourth-order valence-electron chi connectivity index (χ4n) is 2.41. The molecule has 19 heavy (non-hydrogen) atoms. The minimum absolute atomic E-state index is 0.170. The Morgan fingerprint density at radius 1 is 1.47 bits per heavy atom. The van der Waals surface area contributed by atoms with Gasteiger partial charge in [-0.3, -0.25) is 0 Å². The number of fused-ring (bicyclic) bond motifs is 1. The van der Waals surface area contributed by atoms with Crippen LogP contribution in [-0.2, 0) is 4.74 Å². The molecule has 7 heteroatoms. The first-order chi connectivity index (χ1) is 9.29. The second-order valence-corrected chi connectivity index (χ2v) is 4.64. The van der Waals surface area contributed by atoms with Crippen LogP contribution in [0, 0.1) is 6.92 Å². The molecule has 1 saturated heterocycles. The van der Waals surface area contributed by atoms with E-state index in [4.69, 9.17) is 9.26 Å². The first-order valence-electron chi connectivity index (χ1n) is 6.37. The third-order valence-electron chi connectivity index (χ3n) is 3.29. The molecule has 0 bridgehead atoms. The molecule has 1 fully saturated rings. The molecule has 1 atom stereocenters. The Morgan fingerprint density at radius 2 is 2.37 bits per heavy atom. The SMILES string of the molecule is CNCC1CN(c2ncnc3onc(C)c23)CCO1. The van der Waals surface area contributed by atoms with Crippen molar-refractivity contribution in [2.75, 3.05) is 38.2 Å². The van der Waals surface area contributed by atoms with Crippen LogP contribution in [0.4, 0.5) is 5.82 Å². The Labute approximate surface area is 110 Å². The highest BCUT2D eigenvalue weighted by molar-refractivity contribution is 5.87. The molecule has 1 aliphatic rings. The lowest BCUT2D eigenvalue weighted by Crippen LogP contribution is -2.46. The predicted octanol–water partition coefficient (Wildman–Crippen LogP) is 0.351. The molecule has 0 radical (unpaired) electrons. The normalized spacial score (nSPS) is 20.1. The molecular weight excluding hydrogens is 246 g/mol. The summed E-state index contributed by atoms with van der Waals surface area (Å²) in [5, 5.41) is 7.99. The third-order valence-corrected chi connectivity index (χ3v) is 3.29. The minimum Gasteiger partial charge on any atom is -0.373 e. The highest BCUT2D eigenvalue weighted by Gasteiger charge is 2.24. The largest absolute Gasteiger partial charge is 0.373 e. The van der Waals surface area contributed by atoms with Crippen molar-refractivity contribution in [1.82, 2.24) is 20.4 Å². The molecule has 3 heterocycles. The van der Waals surface area contributed by atoms with Crippen molar-refractivity contribution in [3.05, 3.63) is 12.0 Å². The number of aromatic nitrogens is 3. The summed E-state index contributed by atoms with van der Waals surface area (Å²) in [5.74, 6) is 0.883. The van der Waals surface area contributed by atoms with Gasteiger partial charge in [-0.25, -0.2) is 4.98 Å². The predicted molar refractivity (Wildman–Crippen MR) is 70.2 cm³/mol. The van der Waals surface area contributed by atoms with Crippen LogP contribution in [0.1, 0.15) is 5.69 Å². The van der Waals surface area contributed by atoms with Crippen LogP contribution >= 0.6 is 0 Å². The van der Waals surface area contributed by atoms with E-state index < -0.39 is 0 Å². The van der Waals surface area contributed by atoms with Gasteiger partial charge in [0.05, 0.1) is 18.4 Å². The molecule has 3 rings (SSSR count). The summed E-state index contributed by atoms with van der Waals surface area (Å²) >= 11 is 0. The standard InChI is InChI=1S/C12H17N5O2/c1-8-10-11(14-7-15-12(10)19-16-8)17-3-4-18-9(6-17)5-13-2/h7,9,13H,3-6H2,1-2H3. The quantitative estimate of drug-likeness (QED) is 0.856. The summed E-state index contributed by atoms with van der Waals surface area (Å²) in [5.41, 5.74) is 1.36. The van der Waals surface area contributed by atoms with Crippen LogP contribution in [0.2, 0.25) is 0 Å². The zero-order valence-electron chi connectivity index (χ0n) is 11.1. The summed E-state index contributed by atoms with van der Waals surface area (Å²) in [7, 11) is 1.93. The van der Waals surface area contributed by atoms with Gasteiger partial charge < -0.3 is 19.5 Å². The summed E-state index contributed by atoms with van der Waals surface area (Å²) in [6, 6.07) is 0. The maximum Gasteiger partial charge on any atom is 0.263 e. The number of likely N-dealkylation sites (N-methyl/N-ethyl adjacent to an activating group) is 1. The average Bonchev–Trinajstić information content (AvgIpc) is 2.82. The van der Waals surface area contributed by atoms with E-state index in [9.17, 15) is 0 Å². The van der Waals surface area contributed by atoms with Gasteiger partial charge in [0.2, 0.25) is 0 Å². The molecule has 102 valence electrons. The van der Waals surface area contributed by atoms with Crippen LogP contribution in [0.25, 0.3) is 11.1 Å². The monoisotopic (exact) mass is 263 g/mol. The van der Waals surface area contributed by atoms with E-state index >= 15 is 0 Å². The van der Waals surface area contributed by atoms with Gasteiger partial charge in [0, 0.05) is 19.6 Å². The van der Waals surface area contributed by atoms with Gasteiger partial charge in [0.1, 0.15) is 17.5 Å². The molecule has 0 spiro atoms. The number of aryl methyl sites for hydroxylation is 1. The minimum atomic E-state index is 0.170. The van der Waals surface area contributed by atoms with Crippen LogP contribution in [-0.4, -0.2) is 54.5 Å². The van der Waals surface area contributed by atoms with Gasteiger partial charge in [0.15, 0.2) is 0 Å². The molecule has 0 saturated carbocycles. The van der Waals surface area contributed by atoms with Gasteiger partial charge in [0.25, 0.3) is 5.71 Å². The van der Waals surface area contributed by atoms with E-state index in [1.807, 2.05) is 14.0 Å². The van der Waals surface area contributed by atoms with Crippen molar-refractivity contribution in [2.45, 2.75) is 13.0 Å². The smallest absolute Gasteiger partial charge is 0.263 e. The molecular formula is C12H17N5O2. The molecule has 7 nitrogen and oxygen atoms in total. The van der Waals surface area contributed by atoms with Crippen molar-refractivity contribution in [1.29, 1.82) is 0 Å². The number of morpholine rings is 1. The van der Waals surface area contributed by atoms with E-state index in [1.54, 1.807) is 0 Å². The zero-order chi connectivity index (χ0) is 13.2. The van der Waals surface area contributed by atoms with Crippen LogP contribution < -0.4 is 10.2 Å². The molecule has 1 N–H and O–H groups in total. The Balaban J connectivity index is 1.93. The van der Waals surface area contributed by atoms with Crippen LogP contribution in [0.5, 0.6) is 0 Å². The van der Waals surface area contributed by atoms with Gasteiger partial charge in [-0.05, 0) is 14.0 Å². The van der Waals surface area contributed by atoms with Gasteiger partial charge in [-0.15, -0.1) is 0 Å². The van der Waals surface area contributed by atoms with Crippen molar-refractivity contribution >= 4 is 16.9 Å². The second kappa shape index (κ2) is 5.10. The third kappa shape index (κ3) is 2.26. The first kappa shape index (κ1) is 12.3. The molecule has 0 aliphatic carbocycles. The summed E-state index contributed by atoms with van der Waals surface area (Å²) in [6.45, 7) is 5.05. The van der Waals surface area contributed by atoms with Crippen molar-refractivity contribution in [2.24, 2.45) is 0 Å². The molecule has 1 unspecified atom stereocenters. The Morgan fingerprint density at radius 3 is 3.21 bits per heavy atom. The lowest BCUT2D eigenvalue weighted by Gasteiger charge is -2.33. The van der Waals surface area contributed by atoms with Gasteiger partial charge in [-0.1, -0.05) is 5.16 Å². The lowest BCUT2D eigenvalue weighted by atomic mass is 10.2. The van der Waals surface area contributed by atoms with Gasteiger partial charge >= 0.3 is 0 Å². The Hall–Kier alpha value is -1.73. The fraction of sp³-hybridized carbons (Fsp3) is 0.583. The highest BCUT2D eigenvalue weighted by Crippen LogP contribution is 2.26.